The Balaban J connectivity index is 4.10. The van der Waals surface area contributed by atoms with Crippen molar-refractivity contribution < 1.29 is 24.2 Å². The summed E-state index contributed by atoms with van der Waals surface area (Å²) in [6.45, 7) is 5.46. The van der Waals surface area contributed by atoms with Gasteiger partial charge in [0.2, 0.25) is 0 Å². The van der Waals surface area contributed by atoms with Gasteiger partial charge < -0.3 is 19.9 Å². The van der Waals surface area contributed by atoms with E-state index in [4.69, 9.17) is 19.8 Å². The van der Waals surface area contributed by atoms with Gasteiger partial charge in [0.15, 0.2) is 0 Å². The molecule has 7 nitrogen and oxygen atoms in total. The summed E-state index contributed by atoms with van der Waals surface area (Å²) in [5.41, 5.74) is -0.684. The van der Waals surface area contributed by atoms with Gasteiger partial charge in [-0.25, -0.2) is 9.59 Å². The molecule has 0 aliphatic heterocycles. The SMILES string of the molecule is CC(C)(C)OC(=O)NC(CCOCCC#N)C(=O)O. The van der Waals surface area contributed by atoms with Crippen LogP contribution in [0.1, 0.15) is 33.6 Å². The van der Waals surface area contributed by atoms with Crippen molar-refractivity contribution in [3.8, 4) is 6.07 Å². The highest BCUT2D eigenvalue weighted by atomic mass is 16.6. The number of nitriles is 1. The summed E-state index contributed by atoms with van der Waals surface area (Å²) in [6.07, 6.45) is -0.422. The van der Waals surface area contributed by atoms with Crippen molar-refractivity contribution in [1.29, 1.82) is 5.26 Å². The van der Waals surface area contributed by atoms with Gasteiger partial charge in [-0.3, -0.25) is 0 Å². The first-order chi connectivity index (χ1) is 8.76. The average molecular weight is 272 g/mol. The van der Waals surface area contributed by atoms with Crippen LogP contribution in [0.2, 0.25) is 0 Å². The zero-order valence-electron chi connectivity index (χ0n) is 11.4. The summed E-state index contributed by atoms with van der Waals surface area (Å²) in [6, 6.07) is 0.833. The first-order valence-corrected chi connectivity index (χ1v) is 5.93. The molecule has 7 heteroatoms. The molecule has 0 aromatic carbocycles. The molecule has 1 amide bonds. The monoisotopic (exact) mass is 272 g/mol. The van der Waals surface area contributed by atoms with Crippen molar-refractivity contribution in [3.05, 3.63) is 0 Å². The molecule has 0 bridgehead atoms. The van der Waals surface area contributed by atoms with Gasteiger partial charge in [0.05, 0.1) is 19.1 Å². The van der Waals surface area contributed by atoms with E-state index in [2.05, 4.69) is 5.32 Å². The molecule has 0 saturated carbocycles. The number of nitrogens with one attached hydrogen (secondary N) is 1. The number of amides is 1. The number of nitrogens with zero attached hydrogens (tertiary/aromatic N) is 1. The Kier molecular flexibility index (Phi) is 7.53. The molecule has 0 spiro atoms. The van der Waals surface area contributed by atoms with Gasteiger partial charge in [0.25, 0.3) is 0 Å². The van der Waals surface area contributed by atoms with Gasteiger partial charge >= 0.3 is 12.1 Å². The summed E-state index contributed by atoms with van der Waals surface area (Å²) in [7, 11) is 0. The minimum absolute atomic E-state index is 0.111. The number of carboxylic acid groups (broad SMARTS) is 1. The molecule has 0 heterocycles. The fourth-order valence-corrected chi connectivity index (χ4v) is 1.13. The number of carboxylic acids is 1. The standard InChI is InChI=1S/C12H20N2O5/c1-12(2,3)19-11(17)14-9(10(15)16)5-8-18-7-4-6-13/h9H,4-5,7-8H2,1-3H3,(H,14,17)(H,15,16). The Hall–Kier alpha value is -1.81. The molecule has 1 atom stereocenters. The fraction of sp³-hybridized carbons (Fsp3) is 0.750. The molecular formula is C12H20N2O5. The van der Waals surface area contributed by atoms with E-state index >= 15 is 0 Å². The smallest absolute Gasteiger partial charge is 0.408 e. The predicted octanol–water partition coefficient (Wildman–Crippen LogP) is 1.28. The summed E-state index contributed by atoms with van der Waals surface area (Å²) in [5, 5.41) is 19.5. The molecule has 0 rings (SSSR count). The molecular weight excluding hydrogens is 252 g/mol. The van der Waals surface area contributed by atoms with Crippen LogP contribution in [0.15, 0.2) is 0 Å². The number of rotatable bonds is 7. The second kappa shape index (κ2) is 8.32. The number of aliphatic carboxylic acids is 1. The van der Waals surface area contributed by atoms with Crippen LogP contribution >= 0.6 is 0 Å². The third kappa shape index (κ3) is 9.85. The first kappa shape index (κ1) is 17.2. The molecule has 0 fully saturated rings. The van der Waals surface area contributed by atoms with E-state index < -0.39 is 23.7 Å². The van der Waals surface area contributed by atoms with E-state index in [1.807, 2.05) is 6.07 Å². The van der Waals surface area contributed by atoms with Crippen LogP contribution in [0.3, 0.4) is 0 Å². The zero-order valence-corrected chi connectivity index (χ0v) is 11.4. The van der Waals surface area contributed by atoms with Crippen LogP contribution in [-0.2, 0) is 14.3 Å². The topological polar surface area (TPSA) is 109 Å². The Morgan fingerprint density at radius 2 is 2.00 bits per heavy atom. The van der Waals surface area contributed by atoms with Crippen molar-refractivity contribution >= 4 is 12.1 Å². The van der Waals surface area contributed by atoms with Crippen LogP contribution in [0.25, 0.3) is 0 Å². The molecule has 0 radical (unpaired) electrons. The van der Waals surface area contributed by atoms with Gasteiger partial charge in [-0.05, 0) is 20.8 Å². The molecule has 0 saturated heterocycles. The van der Waals surface area contributed by atoms with Crippen LogP contribution in [0, 0.1) is 11.3 Å². The molecule has 2 N–H and O–H groups in total. The lowest BCUT2D eigenvalue weighted by Gasteiger charge is -2.21. The summed E-state index contributed by atoms with van der Waals surface area (Å²) in [4.78, 5) is 22.4. The second-order valence-corrected chi connectivity index (χ2v) is 4.85. The lowest BCUT2D eigenvalue weighted by Crippen LogP contribution is -2.44. The van der Waals surface area contributed by atoms with Gasteiger partial charge in [0.1, 0.15) is 11.6 Å². The Bertz CT molecular complexity index is 343. The number of hydrogen-bond donors (Lipinski definition) is 2. The quantitative estimate of drug-likeness (QED) is 0.676. The van der Waals surface area contributed by atoms with Crippen LogP contribution in [0.4, 0.5) is 4.79 Å². The van der Waals surface area contributed by atoms with Crippen LogP contribution in [0.5, 0.6) is 0 Å². The molecule has 0 aromatic heterocycles. The molecule has 0 aliphatic carbocycles. The summed E-state index contributed by atoms with van der Waals surface area (Å²) >= 11 is 0. The number of alkyl carbamates (subject to hydrolysis) is 1. The third-order valence-corrected chi connectivity index (χ3v) is 1.90. The Labute approximate surface area is 112 Å². The van der Waals surface area contributed by atoms with E-state index in [0.29, 0.717) is 0 Å². The largest absolute Gasteiger partial charge is 0.480 e. The fourth-order valence-electron chi connectivity index (χ4n) is 1.13. The van der Waals surface area contributed by atoms with E-state index in [9.17, 15) is 9.59 Å². The van der Waals surface area contributed by atoms with Gasteiger partial charge in [-0.15, -0.1) is 0 Å². The highest BCUT2D eigenvalue weighted by Gasteiger charge is 2.23. The first-order valence-electron chi connectivity index (χ1n) is 5.93. The number of hydrogen-bond acceptors (Lipinski definition) is 5. The third-order valence-electron chi connectivity index (χ3n) is 1.90. The van der Waals surface area contributed by atoms with E-state index in [0.717, 1.165) is 0 Å². The van der Waals surface area contributed by atoms with Gasteiger partial charge in [0, 0.05) is 13.0 Å². The van der Waals surface area contributed by atoms with E-state index in [1.165, 1.54) is 0 Å². The minimum atomic E-state index is -1.16. The Morgan fingerprint density at radius 3 is 2.47 bits per heavy atom. The lowest BCUT2D eigenvalue weighted by atomic mass is 10.2. The predicted molar refractivity (Wildman–Crippen MR) is 66.5 cm³/mol. The maximum Gasteiger partial charge on any atom is 0.408 e. The van der Waals surface area contributed by atoms with Crippen LogP contribution < -0.4 is 5.32 Å². The van der Waals surface area contributed by atoms with Gasteiger partial charge in [-0.1, -0.05) is 0 Å². The van der Waals surface area contributed by atoms with E-state index in [1.54, 1.807) is 20.8 Å². The highest BCUT2D eigenvalue weighted by Crippen LogP contribution is 2.07. The number of carbonyl (C=O) groups is 2. The Morgan fingerprint density at radius 1 is 1.37 bits per heavy atom. The summed E-state index contributed by atoms with van der Waals surface area (Å²) in [5.74, 6) is -1.16. The minimum Gasteiger partial charge on any atom is -0.480 e. The molecule has 0 aliphatic rings. The van der Waals surface area contributed by atoms with Gasteiger partial charge in [-0.2, -0.15) is 5.26 Å². The van der Waals surface area contributed by atoms with Crippen molar-refractivity contribution in [2.45, 2.75) is 45.3 Å². The second-order valence-electron chi connectivity index (χ2n) is 4.85. The zero-order chi connectivity index (χ0) is 14.9. The molecule has 108 valence electrons. The molecule has 1 unspecified atom stereocenters. The normalized spacial score (nSPS) is 12.3. The lowest BCUT2D eigenvalue weighted by molar-refractivity contribution is -0.140. The van der Waals surface area contributed by atoms with Crippen molar-refractivity contribution in [3.63, 3.8) is 0 Å². The number of carbonyl (C=O) groups excluding carboxylic acids is 1. The highest BCUT2D eigenvalue weighted by molar-refractivity contribution is 5.79. The van der Waals surface area contributed by atoms with Crippen LogP contribution in [-0.4, -0.2) is 42.0 Å². The average Bonchev–Trinajstić information content (AvgIpc) is 2.24. The van der Waals surface area contributed by atoms with Crippen molar-refractivity contribution in [1.82, 2.24) is 5.32 Å². The van der Waals surface area contributed by atoms with E-state index in [-0.39, 0.29) is 26.1 Å². The van der Waals surface area contributed by atoms with Crippen molar-refractivity contribution in [2.75, 3.05) is 13.2 Å². The molecule has 0 aromatic rings. The number of ether oxygens (including phenoxy) is 2. The van der Waals surface area contributed by atoms with Crippen molar-refractivity contribution in [2.24, 2.45) is 0 Å². The maximum atomic E-state index is 11.4. The molecule has 19 heavy (non-hydrogen) atoms. The summed E-state index contributed by atoms with van der Waals surface area (Å²) < 4.78 is 10.0. The maximum absolute atomic E-state index is 11.4.